The molecule has 1 aromatic heterocycles. The van der Waals surface area contributed by atoms with E-state index in [1.165, 1.54) is 18.6 Å². The van der Waals surface area contributed by atoms with Gasteiger partial charge >= 0.3 is 0 Å². The van der Waals surface area contributed by atoms with Crippen molar-refractivity contribution < 1.29 is 8.91 Å². The normalized spacial score (nSPS) is 19.3. The van der Waals surface area contributed by atoms with E-state index < -0.39 is 0 Å². The number of benzene rings is 1. The van der Waals surface area contributed by atoms with Gasteiger partial charge in [0.15, 0.2) is 0 Å². The zero-order chi connectivity index (χ0) is 12.4. The summed E-state index contributed by atoms with van der Waals surface area (Å²) in [7, 11) is 0. The van der Waals surface area contributed by atoms with Crippen LogP contribution in [0, 0.1) is 5.82 Å². The first-order valence-corrected chi connectivity index (χ1v) is 6.26. The molecule has 1 aliphatic rings. The molecular formula is C14H15FN2O. The third-order valence-electron chi connectivity index (χ3n) is 3.37. The fourth-order valence-electron chi connectivity index (χ4n) is 2.46. The molecule has 0 amide bonds. The molecule has 2 heterocycles. The van der Waals surface area contributed by atoms with Gasteiger partial charge in [-0.3, -0.25) is 0 Å². The van der Waals surface area contributed by atoms with Crippen molar-refractivity contribution in [1.29, 1.82) is 0 Å². The third-order valence-corrected chi connectivity index (χ3v) is 3.37. The van der Waals surface area contributed by atoms with Gasteiger partial charge in [-0.1, -0.05) is 17.3 Å². The highest BCUT2D eigenvalue weighted by Gasteiger charge is 2.19. The van der Waals surface area contributed by atoms with E-state index >= 15 is 0 Å². The van der Waals surface area contributed by atoms with Crippen LogP contribution in [0.4, 0.5) is 4.39 Å². The second kappa shape index (κ2) is 4.90. The summed E-state index contributed by atoms with van der Waals surface area (Å²) in [5.74, 6) is 0.596. The van der Waals surface area contributed by atoms with Crippen LogP contribution in [0.2, 0.25) is 0 Å². The minimum Gasteiger partial charge on any atom is -0.361 e. The molecule has 1 aromatic carbocycles. The van der Waals surface area contributed by atoms with E-state index in [9.17, 15) is 4.39 Å². The molecule has 3 nitrogen and oxygen atoms in total. The highest BCUT2D eigenvalue weighted by molar-refractivity contribution is 5.64. The fourth-order valence-corrected chi connectivity index (χ4v) is 2.46. The highest BCUT2D eigenvalue weighted by atomic mass is 19.1. The van der Waals surface area contributed by atoms with Crippen molar-refractivity contribution in [3.63, 3.8) is 0 Å². The molecule has 3 rings (SSSR count). The quantitative estimate of drug-likeness (QED) is 0.905. The molecule has 1 atom stereocenters. The number of halogens is 1. The Morgan fingerprint density at radius 1 is 1.44 bits per heavy atom. The number of hydrogen-bond donors (Lipinski definition) is 1. The number of rotatable bonds is 3. The first kappa shape index (κ1) is 11.4. The molecule has 0 radical (unpaired) electrons. The van der Waals surface area contributed by atoms with Crippen molar-refractivity contribution in [1.82, 2.24) is 10.5 Å². The van der Waals surface area contributed by atoms with Gasteiger partial charge in [0.1, 0.15) is 11.6 Å². The van der Waals surface area contributed by atoms with Crippen molar-refractivity contribution in [3.05, 3.63) is 42.0 Å². The predicted octanol–water partition coefficient (Wildman–Crippen LogP) is 2.78. The van der Waals surface area contributed by atoms with Crippen LogP contribution in [0.15, 0.2) is 35.0 Å². The van der Waals surface area contributed by atoms with E-state index in [1.54, 1.807) is 12.3 Å². The topological polar surface area (TPSA) is 38.1 Å². The molecule has 1 saturated heterocycles. The Hall–Kier alpha value is -1.68. The molecule has 1 fully saturated rings. The lowest BCUT2D eigenvalue weighted by molar-refractivity contribution is 0.370. The SMILES string of the molecule is Fc1cccc(-c2cnoc2CC2CCCN2)c1. The Kier molecular flexibility index (Phi) is 3.11. The van der Waals surface area contributed by atoms with E-state index in [4.69, 9.17) is 4.52 Å². The van der Waals surface area contributed by atoms with Crippen LogP contribution in [0.3, 0.4) is 0 Å². The molecular weight excluding hydrogens is 231 g/mol. The van der Waals surface area contributed by atoms with Gasteiger partial charge in [-0.15, -0.1) is 0 Å². The van der Waals surface area contributed by atoms with Gasteiger partial charge in [0.25, 0.3) is 0 Å². The van der Waals surface area contributed by atoms with E-state index in [0.717, 1.165) is 36.3 Å². The first-order chi connectivity index (χ1) is 8.83. The summed E-state index contributed by atoms with van der Waals surface area (Å²) in [5, 5.41) is 7.27. The van der Waals surface area contributed by atoms with Gasteiger partial charge in [-0.05, 0) is 37.1 Å². The molecule has 0 saturated carbocycles. The average Bonchev–Trinajstić information content (AvgIpc) is 3.01. The average molecular weight is 246 g/mol. The van der Waals surface area contributed by atoms with Crippen LogP contribution in [0.5, 0.6) is 0 Å². The Labute approximate surface area is 105 Å². The number of nitrogens with zero attached hydrogens (tertiary/aromatic N) is 1. The zero-order valence-corrected chi connectivity index (χ0v) is 10.0. The molecule has 0 spiro atoms. The monoisotopic (exact) mass is 246 g/mol. The number of hydrogen-bond acceptors (Lipinski definition) is 3. The molecule has 1 unspecified atom stereocenters. The molecule has 4 heteroatoms. The van der Waals surface area contributed by atoms with Crippen LogP contribution >= 0.6 is 0 Å². The second-order valence-electron chi connectivity index (χ2n) is 4.67. The number of aromatic nitrogens is 1. The summed E-state index contributed by atoms with van der Waals surface area (Å²) in [5.41, 5.74) is 1.72. The minimum atomic E-state index is -0.237. The number of nitrogens with one attached hydrogen (secondary N) is 1. The minimum absolute atomic E-state index is 0.237. The van der Waals surface area contributed by atoms with Crippen LogP contribution in [-0.4, -0.2) is 17.7 Å². The Morgan fingerprint density at radius 2 is 2.39 bits per heavy atom. The summed E-state index contributed by atoms with van der Waals surface area (Å²) >= 11 is 0. The molecule has 18 heavy (non-hydrogen) atoms. The molecule has 2 aromatic rings. The summed E-state index contributed by atoms with van der Waals surface area (Å²) in [6.45, 7) is 1.06. The maximum atomic E-state index is 13.2. The van der Waals surface area contributed by atoms with Crippen LogP contribution in [0.1, 0.15) is 18.6 Å². The third kappa shape index (κ3) is 2.29. The predicted molar refractivity (Wildman–Crippen MR) is 66.6 cm³/mol. The van der Waals surface area contributed by atoms with E-state index in [-0.39, 0.29) is 5.82 Å². The first-order valence-electron chi connectivity index (χ1n) is 6.26. The van der Waals surface area contributed by atoms with Gasteiger partial charge in [-0.25, -0.2) is 4.39 Å². The Morgan fingerprint density at radius 3 is 3.17 bits per heavy atom. The van der Waals surface area contributed by atoms with Crippen LogP contribution < -0.4 is 5.32 Å². The summed E-state index contributed by atoms with van der Waals surface area (Å²) in [6.07, 6.45) is 4.84. The summed E-state index contributed by atoms with van der Waals surface area (Å²) < 4.78 is 18.5. The maximum absolute atomic E-state index is 13.2. The van der Waals surface area contributed by atoms with Crippen molar-refractivity contribution in [2.24, 2.45) is 0 Å². The fraction of sp³-hybridized carbons (Fsp3) is 0.357. The van der Waals surface area contributed by atoms with Crippen molar-refractivity contribution >= 4 is 0 Å². The summed E-state index contributed by atoms with van der Waals surface area (Å²) in [4.78, 5) is 0. The van der Waals surface area contributed by atoms with E-state index in [0.29, 0.717) is 6.04 Å². The second-order valence-corrected chi connectivity index (χ2v) is 4.67. The largest absolute Gasteiger partial charge is 0.361 e. The molecule has 1 aliphatic heterocycles. The Bertz CT molecular complexity index is 532. The van der Waals surface area contributed by atoms with E-state index in [2.05, 4.69) is 10.5 Å². The van der Waals surface area contributed by atoms with Crippen molar-refractivity contribution in [2.75, 3.05) is 6.54 Å². The lowest BCUT2D eigenvalue weighted by Crippen LogP contribution is -2.23. The van der Waals surface area contributed by atoms with E-state index in [1.807, 2.05) is 6.07 Å². The van der Waals surface area contributed by atoms with Crippen molar-refractivity contribution in [2.45, 2.75) is 25.3 Å². The molecule has 94 valence electrons. The van der Waals surface area contributed by atoms with Gasteiger partial charge in [-0.2, -0.15) is 0 Å². The lowest BCUT2D eigenvalue weighted by Gasteiger charge is -2.08. The van der Waals surface area contributed by atoms with Crippen LogP contribution in [0.25, 0.3) is 11.1 Å². The maximum Gasteiger partial charge on any atom is 0.146 e. The zero-order valence-electron chi connectivity index (χ0n) is 10.0. The molecule has 0 aliphatic carbocycles. The van der Waals surface area contributed by atoms with Gasteiger partial charge in [0.2, 0.25) is 0 Å². The smallest absolute Gasteiger partial charge is 0.146 e. The van der Waals surface area contributed by atoms with Gasteiger partial charge < -0.3 is 9.84 Å². The standard InChI is InChI=1S/C14H15FN2O/c15-11-4-1-3-10(7-11)13-9-17-18-14(13)8-12-5-2-6-16-12/h1,3-4,7,9,12,16H,2,5-6,8H2. The summed E-state index contributed by atoms with van der Waals surface area (Å²) in [6, 6.07) is 6.98. The highest BCUT2D eigenvalue weighted by Crippen LogP contribution is 2.26. The van der Waals surface area contributed by atoms with Crippen molar-refractivity contribution in [3.8, 4) is 11.1 Å². The van der Waals surface area contributed by atoms with Gasteiger partial charge in [0.05, 0.1) is 6.20 Å². The molecule has 1 N–H and O–H groups in total. The Balaban J connectivity index is 1.86. The van der Waals surface area contributed by atoms with Gasteiger partial charge in [0, 0.05) is 18.0 Å². The van der Waals surface area contributed by atoms with Crippen LogP contribution in [-0.2, 0) is 6.42 Å². The lowest BCUT2D eigenvalue weighted by atomic mass is 10.0. The molecule has 0 bridgehead atoms.